The summed E-state index contributed by atoms with van der Waals surface area (Å²) < 4.78 is 0. The average Bonchev–Trinajstić information content (AvgIpc) is 2.53. The molecule has 1 aromatic rings. The molecule has 1 aliphatic heterocycles. The molecule has 1 aromatic carbocycles. The predicted octanol–water partition coefficient (Wildman–Crippen LogP) is 5.00. The second-order valence-electron chi connectivity index (χ2n) is 8.11. The Kier molecular flexibility index (Phi) is 7.19. The molecule has 0 aromatic heterocycles. The lowest BCUT2D eigenvalue weighted by Gasteiger charge is -2.33. The molecule has 2 N–H and O–H groups in total. The number of carbonyl (C=O) groups is 1. The summed E-state index contributed by atoms with van der Waals surface area (Å²) in [6.07, 6.45) is 1.69. The van der Waals surface area contributed by atoms with E-state index in [1.54, 1.807) is 0 Å². The van der Waals surface area contributed by atoms with Gasteiger partial charge in [0.25, 0.3) is 0 Å². The molecular weight excluding hydrogens is 344 g/mol. The molecule has 0 bridgehead atoms. The van der Waals surface area contributed by atoms with Crippen molar-refractivity contribution in [1.29, 1.82) is 0 Å². The smallest absolute Gasteiger partial charge is 0.231 e. The number of hydrogen-bond donors (Lipinski definition) is 1. The second kappa shape index (κ2) is 8.96. The Balaban J connectivity index is 2.66. The van der Waals surface area contributed by atoms with Crippen LogP contribution in [0.1, 0.15) is 51.7 Å². The minimum absolute atomic E-state index is 0.125. The fraction of sp³-hybridized carbons (Fsp3) is 0.545. The highest BCUT2D eigenvalue weighted by atomic mass is 35.5. The van der Waals surface area contributed by atoms with Crippen LogP contribution in [-0.2, 0) is 4.79 Å². The molecule has 1 heterocycles. The lowest BCUT2D eigenvalue weighted by molar-refractivity contribution is -0.114. The molecule has 3 nitrogen and oxygen atoms in total. The number of hydrogen-bond acceptors (Lipinski definition) is 3. The summed E-state index contributed by atoms with van der Waals surface area (Å²) in [4.78, 5) is 17.4. The zero-order valence-corrected chi connectivity index (χ0v) is 17.3. The van der Waals surface area contributed by atoms with Crippen LogP contribution in [0.2, 0.25) is 0 Å². The summed E-state index contributed by atoms with van der Waals surface area (Å²) in [5, 5.41) is -0.343. The van der Waals surface area contributed by atoms with E-state index < -0.39 is 5.92 Å². The number of aryl methyl sites for hydroxylation is 1. The molecule has 0 saturated heterocycles. The monoisotopic (exact) mass is 374 g/mol. The highest BCUT2D eigenvalue weighted by Crippen LogP contribution is 2.39. The van der Waals surface area contributed by atoms with Gasteiger partial charge >= 0.3 is 0 Å². The molecular formula is C22H31ClN2O. The van der Waals surface area contributed by atoms with Crippen molar-refractivity contribution in [2.24, 2.45) is 28.5 Å². The molecule has 4 heteroatoms. The first-order valence-corrected chi connectivity index (χ1v) is 9.88. The van der Waals surface area contributed by atoms with Gasteiger partial charge in [0.05, 0.1) is 12.0 Å². The van der Waals surface area contributed by atoms with Crippen molar-refractivity contribution in [3.05, 3.63) is 41.0 Å². The first-order chi connectivity index (χ1) is 12.2. The van der Waals surface area contributed by atoms with Gasteiger partial charge in [-0.15, -0.1) is 0 Å². The number of aliphatic imine (C=N–C) groups is 1. The molecule has 2 rings (SSSR count). The highest BCUT2D eigenvalue weighted by molar-refractivity contribution is 6.65. The zero-order valence-electron chi connectivity index (χ0n) is 16.6. The van der Waals surface area contributed by atoms with E-state index in [9.17, 15) is 4.79 Å². The van der Waals surface area contributed by atoms with E-state index in [-0.39, 0.29) is 11.3 Å². The quantitative estimate of drug-likeness (QED) is 0.682. The molecule has 0 radical (unpaired) electrons. The Morgan fingerprint density at radius 1 is 1.15 bits per heavy atom. The first-order valence-electron chi connectivity index (χ1n) is 9.51. The van der Waals surface area contributed by atoms with Gasteiger partial charge in [-0.2, -0.15) is 0 Å². The number of rotatable bonds is 7. The molecule has 1 aliphatic rings. The van der Waals surface area contributed by atoms with Crippen molar-refractivity contribution in [1.82, 2.24) is 0 Å². The van der Waals surface area contributed by atoms with Crippen molar-refractivity contribution in [2.45, 2.75) is 53.5 Å². The minimum atomic E-state index is -0.434. The van der Waals surface area contributed by atoms with Gasteiger partial charge in [0.2, 0.25) is 5.24 Å². The Morgan fingerprint density at radius 2 is 1.77 bits per heavy atom. The van der Waals surface area contributed by atoms with E-state index in [1.165, 1.54) is 5.56 Å². The van der Waals surface area contributed by atoms with Crippen molar-refractivity contribution >= 4 is 28.1 Å². The van der Waals surface area contributed by atoms with E-state index in [0.717, 1.165) is 35.3 Å². The fourth-order valence-electron chi connectivity index (χ4n) is 3.70. The van der Waals surface area contributed by atoms with Gasteiger partial charge in [-0.05, 0) is 59.9 Å². The number of halogens is 1. The normalized spacial score (nSPS) is 20.7. The molecule has 0 saturated carbocycles. The summed E-state index contributed by atoms with van der Waals surface area (Å²) in [5.74, 6) is 0.468. The van der Waals surface area contributed by atoms with Crippen LogP contribution in [0.4, 0.5) is 0 Å². The maximum atomic E-state index is 12.5. The molecule has 26 heavy (non-hydrogen) atoms. The van der Waals surface area contributed by atoms with E-state index in [1.807, 2.05) is 0 Å². The molecule has 0 amide bonds. The molecule has 2 unspecified atom stereocenters. The number of nitrogens with two attached hydrogens (primary N) is 1. The van der Waals surface area contributed by atoms with Crippen LogP contribution in [0.3, 0.4) is 0 Å². The third-order valence-electron chi connectivity index (χ3n) is 4.82. The van der Waals surface area contributed by atoms with E-state index in [4.69, 9.17) is 22.3 Å². The standard InChI is InChI=1S/C22H31ClN2O/c1-13(2)10-18-17(12-24)20(16-8-6-15(5)7-9-16)21(22(23)26)19(25-18)11-14(3)4/h6-9,13-14,19,21H,10-12,24H2,1-5H3. The number of dihydropyridines is 1. The van der Waals surface area contributed by atoms with Crippen LogP contribution in [0.15, 0.2) is 34.8 Å². The number of carbonyl (C=O) groups excluding carboxylic acids is 1. The minimum Gasteiger partial charge on any atom is -0.326 e. The second-order valence-corrected chi connectivity index (χ2v) is 8.49. The summed E-state index contributed by atoms with van der Waals surface area (Å²) in [6.45, 7) is 11.1. The highest BCUT2D eigenvalue weighted by Gasteiger charge is 2.37. The van der Waals surface area contributed by atoms with Crippen LogP contribution >= 0.6 is 11.6 Å². The predicted molar refractivity (Wildman–Crippen MR) is 112 cm³/mol. The lowest BCUT2D eigenvalue weighted by atomic mass is 9.77. The van der Waals surface area contributed by atoms with Gasteiger partial charge in [0.1, 0.15) is 0 Å². The van der Waals surface area contributed by atoms with E-state index >= 15 is 0 Å². The van der Waals surface area contributed by atoms with Crippen molar-refractivity contribution in [3.8, 4) is 0 Å². The summed E-state index contributed by atoms with van der Waals surface area (Å²) in [7, 11) is 0. The summed E-state index contributed by atoms with van der Waals surface area (Å²) in [6, 6.07) is 8.14. The lowest BCUT2D eigenvalue weighted by Crippen LogP contribution is -2.35. The topological polar surface area (TPSA) is 55.4 Å². The first kappa shape index (κ1) is 20.9. The van der Waals surface area contributed by atoms with Crippen molar-refractivity contribution < 1.29 is 4.79 Å². The largest absolute Gasteiger partial charge is 0.326 e. The average molecular weight is 375 g/mol. The number of benzene rings is 1. The van der Waals surface area contributed by atoms with Crippen molar-refractivity contribution in [3.63, 3.8) is 0 Å². The maximum absolute atomic E-state index is 12.5. The van der Waals surface area contributed by atoms with Gasteiger partial charge in [-0.25, -0.2) is 0 Å². The number of nitrogens with zero attached hydrogens (tertiary/aromatic N) is 1. The molecule has 0 spiro atoms. The molecule has 0 fully saturated rings. The van der Waals surface area contributed by atoms with Crippen LogP contribution in [0, 0.1) is 24.7 Å². The van der Waals surface area contributed by atoms with Gasteiger partial charge in [-0.3, -0.25) is 9.79 Å². The third-order valence-corrected chi connectivity index (χ3v) is 5.05. The third kappa shape index (κ3) is 4.83. The summed E-state index contributed by atoms with van der Waals surface area (Å²) >= 11 is 6.10. The van der Waals surface area contributed by atoms with Crippen molar-refractivity contribution in [2.75, 3.05) is 6.54 Å². The van der Waals surface area contributed by atoms with Gasteiger partial charge in [-0.1, -0.05) is 57.5 Å². The van der Waals surface area contributed by atoms with Gasteiger partial charge in [0, 0.05) is 12.3 Å². The Bertz CT molecular complexity index is 701. The SMILES string of the molecule is Cc1ccc(C2=C(CN)C(CC(C)C)=NC(CC(C)C)C2C(=O)Cl)cc1. The van der Waals surface area contributed by atoms with Gasteiger partial charge < -0.3 is 5.73 Å². The summed E-state index contributed by atoms with van der Waals surface area (Å²) in [5.41, 5.74) is 11.4. The van der Waals surface area contributed by atoms with Crippen LogP contribution in [0.25, 0.3) is 5.57 Å². The van der Waals surface area contributed by atoms with Crippen LogP contribution < -0.4 is 5.73 Å². The molecule has 0 aliphatic carbocycles. The van der Waals surface area contributed by atoms with Crippen LogP contribution in [-0.4, -0.2) is 23.5 Å². The zero-order chi connectivity index (χ0) is 19.4. The molecule has 142 valence electrons. The fourth-order valence-corrected chi connectivity index (χ4v) is 3.96. The van der Waals surface area contributed by atoms with Crippen LogP contribution in [0.5, 0.6) is 0 Å². The maximum Gasteiger partial charge on any atom is 0.231 e. The Labute approximate surface area is 162 Å². The van der Waals surface area contributed by atoms with E-state index in [2.05, 4.69) is 58.9 Å². The Morgan fingerprint density at radius 3 is 2.23 bits per heavy atom. The molecule has 2 atom stereocenters. The van der Waals surface area contributed by atoms with Gasteiger partial charge in [0.15, 0.2) is 0 Å². The van der Waals surface area contributed by atoms with E-state index in [0.29, 0.717) is 18.4 Å². The Hall–Kier alpha value is -1.45.